The van der Waals surface area contributed by atoms with Gasteiger partial charge in [0, 0.05) is 40.3 Å². The topological polar surface area (TPSA) is 20.2 Å². The molecule has 0 saturated carbocycles. The first-order valence-corrected chi connectivity index (χ1v) is 17.4. The maximum absolute atomic E-state index is 3.64. The van der Waals surface area contributed by atoms with Crippen molar-refractivity contribution in [1.82, 2.24) is 9.88 Å². The van der Waals surface area contributed by atoms with Crippen molar-refractivity contribution in [3.8, 4) is 11.1 Å². The van der Waals surface area contributed by atoms with Crippen molar-refractivity contribution < 1.29 is 0 Å². The lowest BCUT2D eigenvalue weighted by Crippen LogP contribution is -2.30. The molecule has 1 aliphatic heterocycles. The number of anilines is 2. The lowest BCUT2D eigenvalue weighted by atomic mass is 9.74. The number of hydrogen-bond donors (Lipinski definition) is 1. The highest BCUT2D eigenvalue weighted by Gasteiger charge is 2.44. The zero-order valence-corrected chi connectivity index (χ0v) is 27.9. The first-order valence-electron chi connectivity index (χ1n) is 17.4. The molecule has 2 heterocycles. The first-order chi connectivity index (χ1) is 23.5. The summed E-state index contributed by atoms with van der Waals surface area (Å²) in [5, 5.41) is 6.21. The summed E-state index contributed by atoms with van der Waals surface area (Å²) in [6.45, 7) is 7.92. The molecule has 3 aliphatic carbocycles. The van der Waals surface area contributed by atoms with Gasteiger partial charge in [0.05, 0.1) is 11.0 Å². The number of hydrogen-bond acceptors (Lipinski definition) is 2. The molecule has 48 heavy (non-hydrogen) atoms. The quantitative estimate of drug-likeness (QED) is 0.210. The molecular weight excluding hydrogens is 583 g/mol. The van der Waals surface area contributed by atoms with Gasteiger partial charge in [0.2, 0.25) is 0 Å². The van der Waals surface area contributed by atoms with E-state index in [1.807, 2.05) is 0 Å². The van der Waals surface area contributed by atoms with Crippen LogP contribution in [0.15, 0.2) is 152 Å². The maximum Gasteiger partial charge on any atom is 0.111 e. The van der Waals surface area contributed by atoms with Crippen molar-refractivity contribution in [3.63, 3.8) is 0 Å². The number of nitrogens with zero attached hydrogens (tertiary/aromatic N) is 2. The predicted molar refractivity (Wildman–Crippen MR) is 203 cm³/mol. The highest BCUT2D eigenvalue weighted by Crippen LogP contribution is 2.54. The standard InChI is InChI=1S/C45H41N3/c1-30-11-10-12-34(27-30)48-42-16-7-5-14-38(42)39-28-32(20-25-43(39)48)31-18-21-33(22-19-31)47(44-17-8-9-26-46-44)35-23-24-37-36-13-4-6-15-40(36)45(2,3)41(37)29-35/h4-10,12-25,27-30,36,40,46H,11,26H2,1-3H3/t30-,36?,40?/m1/s1. The molecule has 9 rings (SSSR count). The van der Waals surface area contributed by atoms with E-state index in [2.05, 4.69) is 181 Å². The minimum Gasteiger partial charge on any atom is -0.368 e. The van der Waals surface area contributed by atoms with Crippen LogP contribution in [0.2, 0.25) is 0 Å². The zero-order chi connectivity index (χ0) is 32.4. The van der Waals surface area contributed by atoms with Gasteiger partial charge in [-0.15, -0.1) is 0 Å². The van der Waals surface area contributed by atoms with E-state index in [1.54, 1.807) is 0 Å². The van der Waals surface area contributed by atoms with E-state index in [4.69, 9.17) is 0 Å². The Morgan fingerprint density at radius 2 is 1.56 bits per heavy atom. The largest absolute Gasteiger partial charge is 0.368 e. The van der Waals surface area contributed by atoms with Gasteiger partial charge in [0.15, 0.2) is 0 Å². The third-order valence-corrected chi connectivity index (χ3v) is 11.0. The van der Waals surface area contributed by atoms with Crippen LogP contribution in [-0.4, -0.2) is 11.1 Å². The van der Waals surface area contributed by atoms with Crippen LogP contribution in [-0.2, 0) is 5.41 Å². The molecule has 0 spiro atoms. The molecule has 4 aromatic carbocycles. The molecule has 3 atom stereocenters. The van der Waals surface area contributed by atoms with Crippen molar-refractivity contribution in [3.05, 3.63) is 163 Å². The number of para-hydroxylation sites is 1. The van der Waals surface area contributed by atoms with E-state index in [1.165, 1.54) is 55.4 Å². The summed E-state index contributed by atoms with van der Waals surface area (Å²) in [4.78, 5) is 2.38. The summed E-state index contributed by atoms with van der Waals surface area (Å²) in [5.41, 5.74) is 11.5. The molecule has 3 heteroatoms. The average Bonchev–Trinajstić information content (AvgIpc) is 3.57. The second-order valence-electron chi connectivity index (χ2n) is 14.3. The Kier molecular flexibility index (Phi) is 6.72. The molecule has 0 bridgehead atoms. The molecule has 0 amide bonds. The normalized spacial score (nSPS) is 21.9. The van der Waals surface area contributed by atoms with Gasteiger partial charge < -0.3 is 9.88 Å². The van der Waals surface area contributed by atoms with Crippen molar-refractivity contribution in [2.45, 2.75) is 38.5 Å². The van der Waals surface area contributed by atoms with E-state index in [9.17, 15) is 0 Å². The zero-order valence-electron chi connectivity index (χ0n) is 27.9. The summed E-state index contributed by atoms with van der Waals surface area (Å²) in [7, 11) is 0. The monoisotopic (exact) mass is 623 g/mol. The number of nitrogens with one attached hydrogen (secondary N) is 1. The predicted octanol–water partition coefficient (Wildman–Crippen LogP) is 11.2. The highest BCUT2D eigenvalue weighted by atomic mass is 15.2. The molecule has 4 aliphatic rings. The highest BCUT2D eigenvalue weighted by molar-refractivity contribution is 6.11. The molecule has 1 N–H and O–H groups in total. The SMILES string of the molecule is C[C@H]1C=C(n2c3ccccc3c3cc(-c4ccc(N(C5=CC=CCN5)c5ccc6c(c5)C(C)(C)C5C=CC=CC65)cc4)ccc32)C=CC1. The third-order valence-electron chi connectivity index (χ3n) is 11.0. The Morgan fingerprint density at radius 1 is 0.771 bits per heavy atom. The summed E-state index contributed by atoms with van der Waals surface area (Å²) in [6.07, 6.45) is 23.8. The van der Waals surface area contributed by atoms with E-state index >= 15 is 0 Å². The van der Waals surface area contributed by atoms with Crippen LogP contribution >= 0.6 is 0 Å². The second kappa shape index (κ2) is 11.2. The van der Waals surface area contributed by atoms with Crippen molar-refractivity contribution in [2.75, 3.05) is 11.4 Å². The molecule has 3 nitrogen and oxygen atoms in total. The third kappa shape index (κ3) is 4.56. The fourth-order valence-electron chi connectivity index (χ4n) is 8.54. The van der Waals surface area contributed by atoms with Gasteiger partial charge in [0.25, 0.3) is 0 Å². The smallest absolute Gasteiger partial charge is 0.111 e. The summed E-state index contributed by atoms with van der Waals surface area (Å²) in [5.74, 6) is 2.56. The van der Waals surface area contributed by atoms with E-state index in [0.29, 0.717) is 17.8 Å². The van der Waals surface area contributed by atoms with Crippen molar-refractivity contribution in [2.24, 2.45) is 11.8 Å². The second-order valence-corrected chi connectivity index (χ2v) is 14.3. The molecule has 0 radical (unpaired) electrons. The van der Waals surface area contributed by atoms with Crippen LogP contribution in [0, 0.1) is 11.8 Å². The molecule has 0 saturated heterocycles. The van der Waals surface area contributed by atoms with Crippen LogP contribution in [0.1, 0.15) is 44.2 Å². The molecule has 1 aromatic heterocycles. The number of dihydropyridines is 1. The van der Waals surface area contributed by atoms with Gasteiger partial charge >= 0.3 is 0 Å². The van der Waals surface area contributed by atoms with Crippen LogP contribution < -0.4 is 10.2 Å². The molecular formula is C45H41N3. The van der Waals surface area contributed by atoms with Gasteiger partial charge in [-0.05, 0) is 101 Å². The lowest BCUT2D eigenvalue weighted by molar-refractivity contribution is 0.394. The summed E-state index contributed by atoms with van der Waals surface area (Å²) in [6, 6.07) is 32.0. The number of aromatic nitrogens is 1. The minimum atomic E-state index is 0.0604. The van der Waals surface area contributed by atoms with Gasteiger partial charge in [-0.1, -0.05) is 112 Å². The molecule has 5 aromatic rings. The van der Waals surface area contributed by atoms with Crippen LogP contribution in [0.5, 0.6) is 0 Å². The van der Waals surface area contributed by atoms with Gasteiger partial charge in [-0.25, -0.2) is 0 Å². The van der Waals surface area contributed by atoms with Gasteiger partial charge in [-0.2, -0.15) is 0 Å². The molecule has 236 valence electrons. The van der Waals surface area contributed by atoms with E-state index in [0.717, 1.165) is 24.5 Å². The maximum atomic E-state index is 3.64. The van der Waals surface area contributed by atoms with Crippen LogP contribution in [0.3, 0.4) is 0 Å². The summed E-state index contributed by atoms with van der Waals surface area (Å²) < 4.78 is 2.43. The Labute approximate surface area is 283 Å². The molecule has 0 fully saturated rings. The van der Waals surface area contributed by atoms with Gasteiger partial charge in [-0.3, -0.25) is 4.90 Å². The number of fused-ring (bicyclic) bond motifs is 6. The van der Waals surface area contributed by atoms with E-state index in [-0.39, 0.29) is 5.41 Å². The lowest BCUT2D eigenvalue weighted by Gasteiger charge is -2.32. The summed E-state index contributed by atoms with van der Waals surface area (Å²) >= 11 is 0. The van der Waals surface area contributed by atoms with E-state index < -0.39 is 0 Å². The average molecular weight is 624 g/mol. The molecule has 2 unspecified atom stereocenters. The Balaban J connectivity index is 1.11. The number of rotatable bonds is 5. The van der Waals surface area contributed by atoms with Crippen LogP contribution in [0.25, 0.3) is 38.6 Å². The first kappa shape index (κ1) is 28.9. The van der Waals surface area contributed by atoms with Crippen LogP contribution in [0.4, 0.5) is 11.4 Å². The fourth-order valence-corrected chi connectivity index (χ4v) is 8.54. The van der Waals surface area contributed by atoms with Gasteiger partial charge in [0.1, 0.15) is 5.82 Å². The number of benzene rings is 4. The Bertz CT molecular complexity index is 2270. The Morgan fingerprint density at radius 3 is 2.40 bits per heavy atom. The fraction of sp³-hybridized carbons (Fsp3) is 0.200. The van der Waals surface area contributed by atoms with Crippen molar-refractivity contribution >= 4 is 38.9 Å². The number of allylic oxidation sites excluding steroid dienone is 10. The minimum absolute atomic E-state index is 0.0604. The van der Waals surface area contributed by atoms with Crippen molar-refractivity contribution in [1.29, 1.82) is 0 Å². The Hall–Kier alpha value is -5.28.